The highest BCUT2D eigenvalue weighted by Crippen LogP contribution is 2.41. The second-order valence-corrected chi connectivity index (χ2v) is 5.67. The van der Waals surface area contributed by atoms with Crippen LogP contribution in [0.15, 0.2) is 24.3 Å². The van der Waals surface area contributed by atoms with Gasteiger partial charge in [-0.3, -0.25) is 4.79 Å². The summed E-state index contributed by atoms with van der Waals surface area (Å²) in [7, 11) is 0. The van der Waals surface area contributed by atoms with Crippen LogP contribution >= 0.6 is 11.8 Å². The lowest BCUT2D eigenvalue weighted by molar-refractivity contribution is -0.142. The molecule has 1 fully saturated rings. The predicted molar refractivity (Wildman–Crippen MR) is 67.3 cm³/mol. The second kappa shape index (κ2) is 5.45. The number of hydrogen-bond acceptors (Lipinski definition) is 2. The molecule has 2 atom stereocenters. The Balaban J connectivity index is 2.45. The van der Waals surface area contributed by atoms with E-state index in [1.807, 2.05) is 0 Å². The van der Waals surface area contributed by atoms with Crippen LogP contribution < -0.4 is 0 Å². The van der Waals surface area contributed by atoms with Crippen LogP contribution in [0.4, 0.5) is 13.2 Å². The van der Waals surface area contributed by atoms with Crippen molar-refractivity contribution < 1.29 is 23.1 Å². The molecule has 19 heavy (non-hydrogen) atoms. The van der Waals surface area contributed by atoms with Crippen LogP contribution in [0.3, 0.4) is 0 Å². The predicted octanol–water partition coefficient (Wildman–Crippen LogP) is 3.63. The number of alkyl halides is 3. The van der Waals surface area contributed by atoms with Gasteiger partial charge < -0.3 is 5.11 Å². The Kier molecular flexibility index (Phi) is 4.08. The third-order valence-electron chi connectivity index (χ3n) is 3.30. The first kappa shape index (κ1) is 14.2. The van der Waals surface area contributed by atoms with Crippen molar-refractivity contribution in [2.45, 2.75) is 18.5 Å². The first-order valence-electron chi connectivity index (χ1n) is 5.88. The lowest BCUT2D eigenvalue weighted by Gasteiger charge is -2.22. The van der Waals surface area contributed by atoms with Gasteiger partial charge in [0.15, 0.2) is 0 Å². The van der Waals surface area contributed by atoms with E-state index in [1.54, 1.807) is 11.8 Å². The normalized spacial score (nSPS) is 21.3. The highest BCUT2D eigenvalue weighted by Gasteiger charge is 2.40. The monoisotopic (exact) mass is 290 g/mol. The van der Waals surface area contributed by atoms with Gasteiger partial charge in [-0.05, 0) is 35.5 Å². The van der Waals surface area contributed by atoms with Gasteiger partial charge in [0, 0.05) is 0 Å². The van der Waals surface area contributed by atoms with Crippen molar-refractivity contribution in [1.29, 1.82) is 0 Å². The second-order valence-electron chi connectivity index (χ2n) is 4.52. The van der Waals surface area contributed by atoms with Gasteiger partial charge in [-0.2, -0.15) is 24.9 Å². The van der Waals surface area contributed by atoms with Crippen LogP contribution in [0, 0.1) is 5.92 Å². The molecule has 1 aliphatic rings. The maximum absolute atomic E-state index is 13.0. The number of benzene rings is 1. The quantitative estimate of drug-likeness (QED) is 0.923. The van der Waals surface area contributed by atoms with Crippen LogP contribution in [0.25, 0.3) is 0 Å². The largest absolute Gasteiger partial charge is 0.481 e. The van der Waals surface area contributed by atoms with Crippen molar-refractivity contribution in [3.05, 3.63) is 35.4 Å². The van der Waals surface area contributed by atoms with Crippen molar-refractivity contribution in [2.24, 2.45) is 5.92 Å². The Hall–Kier alpha value is -1.17. The molecule has 1 aromatic rings. The van der Waals surface area contributed by atoms with Crippen LogP contribution in [0.1, 0.15) is 23.5 Å². The average Bonchev–Trinajstić information content (AvgIpc) is 2.81. The van der Waals surface area contributed by atoms with Gasteiger partial charge >= 0.3 is 12.1 Å². The molecule has 1 heterocycles. The summed E-state index contributed by atoms with van der Waals surface area (Å²) in [6.45, 7) is 0. The number of aliphatic carboxylic acids is 1. The van der Waals surface area contributed by atoms with Crippen LogP contribution in [0.2, 0.25) is 0 Å². The fraction of sp³-hybridized carbons (Fsp3) is 0.462. The van der Waals surface area contributed by atoms with Crippen molar-refractivity contribution in [3.8, 4) is 0 Å². The third-order valence-corrected chi connectivity index (χ3v) is 4.49. The Labute approximate surface area is 113 Å². The molecule has 1 aromatic carbocycles. The van der Waals surface area contributed by atoms with E-state index in [2.05, 4.69) is 0 Å². The molecule has 2 nitrogen and oxygen atoms in total. The minimum atomic E-state index is -4.52. The summed E-state index contributed by atoms with van der Waals surface area (Å²) in [6.07, 6.45) is -3.87. The summed E-state index contributed by atoms with van der Waals surface area (Å²) in [6, 6.07) is 4.98. The topological polar surface area (TPSA) is 37.3 Å². The van der Waals surface area contributed by atoms with Crippen molar-refractivity contribution in [1.82, 2.24) is 0 Å². The van der Waals surface area contributed by atoms with E-state index in [9.17, 15) is 23.1 Å². The zero-order chi connectivity index (χ0) is 14.0. The summed E-state index contributed by atoms with van der Waals surface area (Å²) in [5, 5.41) is 9.30. The summed E-state index contributed by atoms with van der Waals surface area (Å²) < 4.78 is 38.9. The van der Waals surface area contributed by atoms with Gasteiger partial charge in [-0.15, -0.1) is 0 Å². The fourth-order valence-corrected chi connectivity index (χ4v) is 3.73. The summed E-state index contributed by atoms with van der Waals surface area (Å²) in [5.74, 6) is -1.07. The highest BCUT2D eigenvalue weighted by molar-refractivity contribution is 7.99. The highest BCUT2D eigenvalue weighted by atomic mass is 32.2. The molecule has 104 valence electrons. The van der Waals surface area contributed by atoms with E-state index in [-0.39, 0.29) is 11.5 Å². The SMILES string of the molecule is O=C(O)C(c1ccccc1C(F)(F)F)C1CCSC1. The van der Waals surface area contributed by atoms with Gasteiger partial charge in [0.25, 0.3) is 0 Å². The number of hydrogen-bond donors (Lipinski definition) is 1. The first-order valence-corrected chi connectivity index (χ1v) is 7.03. The lowest BCUT2D eigenvalue weighted by Crippen LogP contribution is -2.24. The maximum atomic E-state index is 13.0. The van der Waals surface area contributed by atoms with Gasteiger partial charge in [0.2, 0.25) is 0 Å². The number of carboxylic acid groups (broad SMARTS) is 1. The standard InChI is InChI=1S/C13H13F3O2S/c14-13(15,16)10-4-2-1-3-9(10)11(12(17)18)8-5-6-19-7-8/h1-4,8,11H,5-7H2,(H,17,18). The number of carbonyl (C=O) groups is 1. The van der Waals surface area contributed by atoms with E-state index in [1.165, 1.54) is 18.2 Å². The third kappa shape index (κ3) is 3.05. The molecular formula is C13H13F3O2S. The smallest absolute Gasteiger partial charge is 0.416 e. The Bertz CT molecular complexity index is 467. The van der Waals surface area contributed by atoms with Crippen LogP contribution in [-0.2, 0) is 11.0 Å². The van der Waals surface area contributed by atoms with E-state index in [0.717, 1.165) is 11.8 Å². The maximum Gasteiger partial charge on any atom is 0.416 e. The van der Waals surface area contributed by atoms with E-state index in [4.69, 9.17) is 0 Å². The molecular weight excluding hydrogens is 277 g/mol. The Morgan fingerprint density at radius 3 is 2.58 bits per heavy atom. The molecule has 6 heteroatoms. The number of carboxylic acids is 1. The molecule has 0 bridgehead atoms. The van der Waals surface area contributed by atoms with Gasteiger partial charge in [-0.25, -0.2) is 0 Å². The molecule has 1 N–H and O–H groups in total. The van der Waals surface area contributed by atoms with E-state index >= 15 is 0 Å². The summed E-state index contributed by atoms with van der Waals surface area (Å²) in [5.41, 5.74) is -0.950. The Morgan fingerprint density at radius 2 is 2.05 bits per heavy atom. The van der Waals surface area contributed by atoms with Crippen molar-refractivity contribution in [3.63, 3.8) is 0 Å². The zero-order valence-corrected chi connectivity index (χ0v) is 10.8. The Morgan fingerprint density at radius 1 is 1.37 bits per heavy atom. The summed E-state index contributed by atoms with van der Waals surface area (Å²) >= 11 is 1.59. The minimum absolute atomic E-state index is 0.116. The molecule has 2 rings (SSSR count). The van der Waals surface area contributed by atoms with Gasteiger partial charge in [-0.1, -0.05) is 18.2 Å². The molecule has 2 unspecified atom stereocenters. The van der Waals surface area contributed by atoms with Crippen molar-refractivity contribution >= 4 is 17.7 Å². The molecule has 0 radical (unpaired) electrons. The molecule has 0 saturated carbocycles. The average molecular weight is 290 g/mol. The molecule has 0 amide bonds. The van der Waals surface area contributed by atoms with Gasteiger partial charge in [0.1, 0.15) is 0 Å². The first-order chi connectivity index (χ1) is 8.91. The van der Waals surface area contributed by atoms with Crippen LogP contribution in [-0.4, -0.2) is 22.6 Å². The molecule has 0 aliphatic carbocycles. The van der Waals surface area contributed by atoms with E-state index < -0.39 is 23.6 Å². The van der Waals surface area contributed by atoms with Crippen molar-refractivity contribution in [2.75, 3.05) is 11.5 Å². The van der Waals surface area contributed by atoms with Gasteiger partial charge in [0.05, 0.1) is 11.5 Å². The lowest BCUT2D eigenvalue weighted by atomic mass is 9.83. The van der Waals surface area contributed by atoms with Crippen LogP contribution in [0.5, 0.6) is 0 Å². The summed E-state index contributed by atoms with van der Waals surface area (Å²) in [4.78, 5) is 11.4. The fourth-order valence-electron chi connectivity index (χ4n) is 2.43. The zero-order valence-electron chi connectivity index (χ0n) is 9.98. The number of halogens is 3. The molecule has 1 saturated heterocycles. The molecule has 0 spiro atoms. The molecule has 0 aromatic heterocycles. The minimum Gasteiger partial charge on any atom is -0.481 e. The molecule has 1 aliphatic heterocycles. The number of thioether (sulfide) groups is 1. The van der Waals surface area contributed by atoms with E-state index in [0.29, 0.717) is 12.2 Å². The number of rotatable bonds is 3.